The molecule has 2 aliphatic rings. The zero-order valence-corrected chi connectivity index (χ0v) is 9.63. The van der Waals surface area contributed by atoms with Crippen molar-refractivity contribution >= 4 is 16.8 Å². The Labute approximate surface area is 94.9 Å². The van der Waals surface area contributed by atoms with E-state index >= 15 is 0 Å². The van der Waals surface area contributed by atoms with Crippen LogP contribution in [0.25, 0.3) is 0 Å². The molecular formula is C10H16ClN3O. The summed E-state index contributed by atoms with van der Waals surface area (Å²) >= 11 is 5.80. The Morgan fingerprint density at radius 3 is 3.27 bits per heavy atom. The zero-order valence-electron chi connectivity index (χ0n) is 8.87. The van der Waals surface area contributed by atoms with E-state index in [0.29, 0.717) is 18.2 Å². The second-order valence-corrected chi connectivity index (χ2v) is 4.67. The third kappa shape index (κ3) is 2.93. The molecule has 2 heterocycles. The van der Waals surface area contributed by atoms with Crippen molar-refractivity contribution < 1.29 is 4.84 Å². The first-order valence-corrected chi connectivity index (χ1v) is 5.63. The third-order valence-electron chi connectivity index (χ3n) is 2.70. The fourth-order valence-corrected chi connectivity index (χ4v) is 1.95. The Kier molecular flexibility index (Phi) is 3.29. The van der Waals surface area contributed by atoms with E-state index in [1.54, 1.807) is 6.20 Å². The first-order chi connectivity index (χ1) is 7.18. The minimum atomic E-state index is 0.0767. The van der Waals surface area contributed by atoms with Crippen LogP contribution in [0, 0.1) is 0 Å². The molecule has 1 atom stereocenters. The molecule has 1 saturated heterocycles. The van der Waals surface area contributed by atoms with Gasteiger partial charge in [-0.15, -0.1) is 10.3 Å². The second-order valence-electron chi connectivity index (χ2n) is 4.23. The van der Waals surface area contributed by atoms with E-state index in [9.17, 15) is 0 Å². The number of rotatable bonds is 3. The van der Waals surface area contributed by atoms with Crippen molar-refractivity contribution in [1.82, 2.24) is 10.5 Å². The van der Waals surface area contributed by atoms with Crippen molar-refractivity contribution in [1.29, 1.82) is 0 Å². The summed E-state index contributed by atoms with van der Waals surface area (Å²) in [6.45, 7) is 3.85. The molecule has 1 fully saturated rings. The molecule has 0 radical (unpaired) electrons. The van der Waals surface area contributed by atoms with Gasteiger partial charge in [0.25, 0.3) is 0 Å². The average Bonchev–Trinajstić information content (AvgIpc) is 2.63. The Morgan fingerprint density at radius 1 is 1.73 bits per heavy atom. The fourth-order valence-electron chi connectivity index (χ4n) is 1.78. The molecule has 0 bridgehead atoms. The highest BCUT2D eigenvalue weighted by Crippen LogP contribution is 2.19. The smallest absolute Gasteiger partial charge is 0.133 e. The highest BCUT2D eigenvalue weighted by atomic mass is 35.5. The molecule has 2 rings (SSSR count). The lowest BCUT2D eigenvalue weighted by Gasteiger charge is -2.26. The van der Waals surface area contributed by atoms with E-state index in [4.69, 9.17) is 16.4 Å². The average molecular weight is 230 g/mol. The van der Waals surface area contributed by atoms with Crippen molar-refractivity contribution in [3.63, 3.8) is 0 Å². The maximum atomic E-state index is 5.80. The number of allylic oxidation sites excluding steroid dienone is 1. The van der Waals surface area contributed by atoms with Crippen LogP contribution in [0.3, 0.4) is 0 Å². The molecule has 5 heteroatoms. The highest BCUT2D eigenvalue weighted by Gasteiger charge is 2.29. The maximum Gasteiger partial charge on any atom is 0.133 e. The molecule has 2 aliphatic heterocycles. The molecular weight excluding hydrogens is 214 g/mol. The molecule has 0 aliphatic carbocycles. The second kappa shape index (κ2) is 4.51. The molecule has 0 saturated carbocycles. The normalized spacial score (nSPS) is 30.8. The standard InChI is InChI=1S/C10H16ClN3O/c1-10(5-3-6-12-10)8-15-14-7-2-4-9(11)13-14/h2,7,12H,3-6,8H2,1H3/t10-/m1/s1. The fraction of sp³-hybridized carbons (Fsp3) is 0.700. The Balaban J connectivity index is 1.82. The topological polar surface area (TPSA) is 36.9 Å². The van der Waals surface area contributed by atoms with Crippen LogP contribution in [-0.2, 0) is 4.84 Å². The van der Waals surface area contributed by atoms with Gasteiger partial charge in [-0.2, -0.15) is 0 Å². The van der Waals surface area contributed by atoms with Gasteiger partial charge in [0.2, 0.25) is 0 Å². The van der Waals surface area contributed by atoms with Crippen LogP contribution >= 0.6 is 11.6 Å². The highest BCUT2D eigenvalue weighted by molar-refractivity contribution is 6.65. The lowest BCUT2D eigenvalue weighted by molar-refractivity contribution is -0.137. The van der Waals surface area contributed by atoms with Crippen LogP contribution < -0.4 is 5.32 Å². The summed E-state index contributed by atoms with van der Waals surface area (Å²) < 4.78 is 0. The van der Waals surface area contributed by atoms with Gasteiger partial charge in [-0.05, 0) is 26.3 Å². The zero-order chi connectivity index (χ0) is 10.7. The first kappa shape index (κ1) is 10.9. The molecule has 0 aromatic heterocycles. The van der Waals surface area contributed by atoms with E-state index in [1.165, 1.54) is 11.6 Å². The van der Waals surface area contributed by atoms with Gasteiger partial charge in [0.1, 0.15) is 5.17 Å². The molecule has 0 spiro atoms. The Morgan fingerprint density at radius 2 is 2.60 bits per heavy atom. The molecule has 15 heavy (non-hydrogen) atoms. The number of hydrazone groups is 1. The summed E-state index contributed by atoms with van der Waals surface area (Å²) in [5, 5.41) is 9.48. The summed E-state index contributed by atoms with van der Waals surface area (Å²) in [4.78, 5) is 5.55. The lowest BCUT2D eigenvalue weighted by atomic mass is 10.0. The molecule has 4 nitrogen and oxygen atoms in total. The molecule has 0 amide bonds. The van der Waals surface area contributed by atoms with E-state index in [0.717, 1.165) is 13.0 Å². The van der Waals surface area contributed by atoms with Crippen LogP contribution in [0.2, 0.25) is 0 Å². The van der Waals surface area contributed by atoms with Crippen LogP contribution in [-0.4, -0.2) is 29.0 Å². The number of halogens is 1. The molecule has 0 unspecified atom stereocenters. The number of nitrogens with one attached hydrogen (secondary N) is 1. The molecule has 84 valence electrons. The van der Waals surface area contributed by atoms with Gasteiger partial charge in [-0.3, -0.25) is 4.84 Å². The number of hydrogen-bond donors (Lipinski definition) is 1. The summed E-state index contributed by atoms with van der Waals surface area (Å²) in [7, 11) is 0. The monoisotopic (exact) mass is 229 g/mol. The van der Waals surface area contributed by atoms with E-state index < -0.39 is 0 Å². The van der Waals surface area contributed by atoms with Crippen molar-refractivity contribution in [3.8, 4) is 0 Å². The van der Waals surface area contributed by atoms with Gasteiger partial charge in [-0.25, -0.2) is 0 Å². The third-order valence-corrected chi connectivity index (χ3v) is 2.93. The van der Waals surface area contributed by atoms with E-state index in [-0.39, 0.29) is 5.54 Å². The van der Waals surface area contributed by atoms with Crippen LogP contribution in [0.5, 0.6) is 0 Å². The van der Waals surface area contributed by atoms with Crippen LogP contribution in [0.15, 0.2) is 17.4 Å². The van der Waals surface area contributed by atoms with E-state index in [2.05, 4.69) is 17.3 Å². The lowest BCUT2D eigenvalue weighted by Crippen LogP contribution is -2.42. The molecule has 1 N–H and O–H groups in total. The number of hydrogen-bond acceptors (Lipinski definition) is 4. The largest absolute Gasteiger partial charge is 0.309 e. The van der Waals surface area contributed by atoms with Gasteiger partial charge >= 0.3 is 0 Å². The summed E-state index contributed by atoms with van der Waals surface area (Å²) in [5.74, 6) is 0. The van der Waals surface area contributed by atoms with Crippen LogP contribution in [0.4, 0.5) is 0 Å². The predicted octanol–water partition coefficient (Wildman–Crippen LogP) is 1.83. The quantitative estimate of drug-likeness (QED) is 0.802. The van der Waals surface area contributed by atoms with Gasteiger partial charge in [0.05, 0.1) is 12.8 Å². The van der Waals surface area contributed by atoms with E-state index in [1.807, 2.05) is 6.08 Å². The first-order valence-electron chi connectivity index (χ1n) is 5.25. The predicted molar refractivity (Wildman–Crippen MR) is 60.5 cm³/mol. The number of nitrogens with zero attached hydrogens (tertiary/aromatic N) is 2. The summed E-state index contributed by atoms with van der Waals surface area (Å²) in [6, 6.07) is 0. The minimum absolute atomic E-state index is 0.0767. The summed E-state index contributed by atoms with van der Waals surface area (Å²) in [6.07, 6.45) is 6.77. The maximum absolute atomic E-state index is 5.80. The van der Waals surface area contributed by atoms with Crippen molar-refractivity contribution in [2.24, 2.45) is 5.10 Å². The Bertz CT molecular complexity index is 284. The van der Waals surface area contributed by atoms with Gasteiger partial charge in [0.15, 0.2) is 0 Å². The van der Waals surface area contributed by atoms with Gasteiger partial charge < -0.3 is 5.32 Å². The molecule has 0 aromatic carbocycles. The molecule has 0 aromatic rings. The van der Waals surface area contributed by atoms with Crippen molar-refractivity contribution in [2.45, 2.75) is 31.7 Å². The van der Waals surface area contributed by atoms with Gasteiger partial charge in [0, 0.05) is 12.0 Å². The summed E-state index contributed by atoms with van der Waals surface area (Å²) in [5.41, 5.74) is 0.0767. The van der Waals surface area contributed by atoms with Crippen molar-refractivity contribution in [2.75, 3.05) is 13.2 Å². The van der Waals surface area contributed by atoms with Crippen LogP contribution in [0.1, 0.15) is 26.2 Å². The van der Waals surface area contributed by atoms with Gasteiger partial charge in [-0.1, -0.05) is 17.7 Å². The SMILES string of the molecule is C[C@]1(CON2C=CCC(Cl)=N2)CCCN1. The minimum Gasteiger partial charge on any atom is -0.309 e. The number of hydroxylamine groups is 1. The van der Waals surface area contributed by atoms with Crippen molar-refractivity contribution in [3.05, 3.63) is 12.3 Å². The Hall–Kier alpha value is -0.580.